The molecule has 0 aliphatic carbocycles. The summed E-state index contributed by atoms with van der Waals surface area (Å²) in [5.41, 5.74) is 0.660. The van der Waals surface area contributed by atoms with Crippen LogP contribution in [0.15, 0.2) is 47.1 Å². The van der Waals surface area contributed by atoms with Crippen LogP contribution in [0.25, 0.3) is 0 Å². The summed E-state index contributed by atoms with van der Waals surface area (Å²) in [5.74, 6) is 1.44. The Hall–Kier alpha value is -2.32. The van der Waals surface area contributed by atoms with Crippen LogP contribution >= 0.6 is 0 Å². The minimum atomic E-state index is -3.04. The Bertz CT molecular complexity index is 831. The van der Waals surface area contributed by atoms with Crippen molar-refractivity contribution in [1.29, 1.82) is 0 Å². The number of amides is 1. The molecule has 8 heteroatoms. The van der Waals surface area contributed by atoms with Crippen LogP contribution in [0.4, 0.5) is 5.69 Å². The van der Waals surface area contributed by atoms with Gasteiger partial charge in [0.05, 0.1) is 38.0 Å². The highest BCUT2D eigenvalue weighted by molar-refractivity contribution is 7.91. The molecule has 0 spiro atoms. The maximum atomic E-state index is 12.5. The van der Waals surface area contributed by atoms with E-state index in [0.717, 1.165) is 0 Å². The van der Waals surface area contributed by atoms with Gasteiger partial charge in [0.2, 0.25) is 5.91 Å². The van der Waals surface area contributed by atoms with Crippen molar-refractivity contribution in [2.75, 3.05) is 30.5 Å². The molecular formula is C18H22N2O5S. The number of rotatable bonds is 7. The number of ether oxygens (including phenoxy) is 1. The molecule has 0 bridgehead atoms. The van der Waals surface area contributed by atoms with Gasteiger partial charge in [-0.25, -0.2) is 8.42 Å². The molecule has 2 heterocycles. The van der Waals surface area contributed by atoms with Gasteiger partial charge >= 0.3 is 0 Å². The minimum Gasteiger partial charge on any atom is -0.497 e. The Kier molecular flexibility index (Phi) is 5.63. The second-order valence-electron chi connectivity index (χ2n) is 6.32. The lowest BCUT2D eigenvalue weighted by Gasteiger charge is -2.26. The zero-order valence-corrected chi connectivity index (χ0v) is 15.4. The summed E-state index contributed by atoms with van der Waals surface area (Å²) in [4.78, 5) is 14.3. The summed E-state index contributed by atoms with van der Waals surface area (Å²) in [6, 6.07) is 10.4. The van der Waals surface area contributed by atoms with Gasteiger partial charge in [-0.15, -0.1) is 0 Å². The van der Waals surface area contributed by atoms with Gasteiger partial charge in [0, 0.05) is 11.7 Å². The summed E-state index contributed by atoms with van der Waals surface area (Å²) in [7, 11) is -1.46. The largest absolute Gasteiger partial charge is 0.497 e. The van der Waals surface area contributed by atoms with Gasteiger partial charge < -0.3 is 14.5 Å². The molecule has 1 aliphatic heterocycles. The number of anilines is 1. The quantitative estimate of drug-likeness (QED) is 0.792. The number of nitrogens with zero attached hydrogens (tertiary/aromatic N) is 1. The minimum absolute atomic E-state index is 0.0729. The lowest BCUT2D eigenvalue weighted by molar-refractivity contribution is -0.118. The number of benzene rings is 1. The Balaban J connectivity index is 1.66. The van der Waals surface area contributed by atoms with Gasteiger partial charge in [0.1, 0.15) is 11.5 Å². The molecule has 1 aromatic heterocycles. The van der Waals surface area contributed by atoms with Crippen molar-refractivity contribution < 1.29 is 22.4 Å². The smallest absolute Gasteiger partial charge is 0.238 e. The van der Waals surface area contributed by atoms with Crippen LogP contribution in [-0.2, 0) is 21.2 Å². The molecule has 1 N–H and O–H groups in total. The molecule has 26 heavy (non-hydrogen) atoms. The van der Waals surface area contributed by atoms with Gasteiger partial charge in [0.25, 0.3) is 0 Å². The fraction of sp³-hybridized carbons (Fsp3) is 0.389. The molecule has 140 valence electrons. The number of sulfone groups is 1. The van der Waals surface area contributed by atoms with Crippen molar-refractivity contribution in [2.24, 2.45) is 0 Å². The van der Waals surface area contributed by atoms with Gasteiger partial charge in [-0.2, -0.15) is 0 Å². The first-order valence-electron chi connectivity index (χ1n) is 8.36. The molecule has 1 saturated heterocycles. The van der Waals surface area contributed by atoms with Gasteiger partial charge in [-0.1, -0.05) is 0 Å². The van der Waals surface area contributed by atoms with Crippen LogP contribution in [0.3, 0.4) is 0 Å². The monoisotopic (exact) mass is 378 g/mol. The third kappa shape index (κ3) is 4.86. The number of nitrogens with one attached hydrogen (secondary N) is 1. The summed E-state index contributed by atoms with van der Waals surface area (Å²) < 4.78 is 34.1. The first-order chi connectivity index (χ1) is 12.4. The van der Waals surface area contributed by atoms with E-state index >= 15 is 0 Å². The molecular weight excluding hydrogens is 356 g/mol. The van der Waals surface area contributed by atoms with E-state index in [1.54, 1.807) is 43.7 Å². The van der Waals surface area contributed by atoms with E-state index in [9.17, 15) is 13.2 Å². The molecule has 7 nitrogen and oxygen atoms in total. The van der Waals surface area contributed by atoms with Crippen molar-refractivity contribution in [1.82, 2.24) is 4.90 Å². The van der Waals surface area contributed by atoms with E-state index in [1.165, 1.54) is 0 Å². The predicted molar refractivity (Wildman–Crippen MR) is 97.8 cm³/mol. The Labute approximate surface area is 152 Å². The number of carbonyl (C=O) groups is 1. The summed E-state index contributed by atoms with van der Waals surface area (Å²) in [5, 5.41) is 2.83. The van der Waals surface area contributed by atoms with Gasteiger partial charge in [0.15, 0.2) is 9.84 Å². The molecule has 3 rings (SSSR count). The Morgan fingerprint density at radius 1 is 1.31 bits per heavy atom. The fourth-order valence-corrected chi connectivity index (χ4v) is 4.80. The molecule has 2 aromatic rings. The van der Waals surface area contributed by atoms with Gasteiger partial charge in [-0.3, -0.25) is 9.69 Å². The summed E-state index contributed by atoms with van der Waals surface area (Å²) in [6.07, 6.45) is 2.09. The van der Waals surface area contributed by atoms with E-state index < -0.39 is 9.84 Å². The highest BCUT2D eigenvalue weighted by atomic mass is 32.2. The molecule has 0 radical (unpaired) electrons. The molecule has 0 unspecified atom stereocenters. The number of hydrogen-bond donors (Lipinski definition) is 1. The second-order valence-corrected chi connectivity index (χ2v) is 8.55. The zero-order chi connectivity index (χ0) is 18.6. The molecule has 1 aromatic carbocycles. The van der Waals surface area contributed by atoms with Crippen molar-refractivity contribution in [3.8, 4) is 5.75 Å². The molecule has 0 saturated carbocycles. The van der Waals surface area contributed by atoms with E-state index in [4.69, 9.17) is 9.15 Å². The van der Waals surface area contributed by atoms with E-state index in [0.29, 0.717) is 30.2 Å². The molecule has 1 aliphatic rings. The lowest BCUT2D eigenvalue weighted by atomic mass is 10.2. The highest BCUT2D eigenvalue weighted by Crippen LogP contribution is 2.21. The van der Waals surface area contributed by atoms with E-state index in [2.05, 4.69) is 5.32 Å². The first kappa shape index (κ1) is 18.5. The third-order valence-corrected chi connectivity index (χ3v) is 6.13. The van der Waals surface area contributed by atoms with Crippen molar-refractivity contribution in [3.05, 3.63) is 48.4 Å². The number of furan rings is 1. The van der Waals surface area contributed by atoms with E-state index in [1.807, 2.05) is 11.0 Å². The average Bonchev–Trinajstić information content (AvgIpc) is 3.24. The molecule has 1 fully saturated rings. The Morgan fingerprint density at radius 2 is 2.08 bits per heavy atom. The van der Waals surface area contributed by atoms with Crippen molar-refractivity contribution in [3.63, 3.8) is 0 Å². The first-order valence-corrected chi connectivity index (χ1v) is 10.2. The predicted octanol–water partition coefficient (Wildman–Crippen LogP) is 1.92. The maximum Gasteiger partial charge on any atom is 0.238 e. The van der Waals surface area contributed by atoms with Crippen LogP contribution < -0.4 is 10.1 Å². The van der Waals surface area contributed by atoms with Crippen LogP contribution in [0, 0.1) is 0 Å². The third-order valence-electron chi connectivity index (χ3n) is 4.38. The lowest BCUT2D eigenvalue weighted by Crippen LogP contribution is -2.41. The summed E-state index contributed by atoms with van der Waals surface area (Å²) >= 11 is 0. The van der Waals surface area contributed by atoms with Crippen LogP contribution in [0.1, 0.15) is 12.2 Å². The van der Waals surface area contributed by atoms with Crippen LogP contribution in [0.2, 0.25) is 0 Å². The maximum absolute atomic E-state index is 12.5. The number of methoxy groups -OCH3 is 1. The molecule has 1 atom stereocenters. The number of hydrogen-bond acceptors (Lipinski definition) is 6. The average molecular weight is 378 g/mol. The van der Waals surface area contributed by atoms with Crippen LogP contribution in [0.5, 0.6) is 5.75 Å². The second kappa shape index (κ2) is 7.92. The Morgan fingerprint density at radius 3 is 2.65 bits per heavy atom. The molecule has 1 amide bonds. The topological polar surface area (TPSA) is 88.8 Å². The normalized spacial score (nSPS) is 18.8. The zero-order valence-electron chi connectivity index (χ0n) is 14.6. The summed E-state index contributed by atoms with van der Waals surface area (Å²) in [6.45, 7) is 0.482. The standard InChI is InChI=1S/C18H22N2O5S/c1-24-16-6-4-14(5-7-16)19-18(21)12-20(11-17-3-2-9-25-17)15-8-10-26(22,23)13-15/h2-7,9,15H,8,10-13H2,1H3,(H,19,21)/t15-/m0/s1. The SMILES string of the molecule is COc1ccc(NC(=O)CN(Cc2ccco2)[C@H]2CCS(=O)(=O)C2)cc1. The fourth-order valence-electron chi connectivity index (χ4n) is 3.04. The van der Waals surface area contributed by atoms with E-state index in [-0.39, 0.29) is 30.0 Å². The van der Waals surface area contributed by atoms with Gasteiger partial charge in [-0.05, 0) is 42.8 Å². The van der Waals surface area contributed by atoms with Crippen LogP contribution in [-0.4, -0.2) is 50.4 Å². The van der Waals surface area contributed by atoms with Crippen molar-refractivity contribution >= 4 is 21.4 Å². The number of carbonyl (C=O) groups excluding carboxylic acids is 1. The van der Waals surface area contributed by atoms with Crippen molar-refractivity contribution in [2.45, 2.75) is 19.0 Å². The highest BCUT2D eigenvalue weighted by Gasteiger charge is 2.33.